The summed E-state index contributed by atoms with van der Waals surface area (Å²) in [5.74, 6) is 0.174. The fourth-order valence-electron chi connectivity index (χ4n) is 2.97. The zero-order valence-electron chi connectivity index (χ0n) is 16.8. The highest BCUT2D eigenvalue weighted by Gasteiger charge is 2.17. The van der Waals surface area contributed by atoms with Gasteiger partial charge in [0.25, 0.3) is 0 Å². The van der Waals surface area contributed by atoms with Crippen LogP contribution in [0.15, 0.2) is 52.4 Å². The molecule has 0 spiro atoms. The Morgan fingerprint density at radius 1 is 1.20 bits per heavy atom. The van der Waals surface area contributed by atoms with Gasteiger partial charge in [0, 0.05) is 23.7 Å². The van der Waals surface area contributed by atoms with Crippen molar-refractivity contribution >= 4 is 60.7 Å². The third kappa shape index (κ3) is 5.55. The largest absolute Gasteiger partial charge is 0.316 e. The van der Waals surface area contributed by atoms with Crippen LogP contribution in [0.5, 0.6) is 0 Å². The third-order valence-electron chi connectivity index (χ3n) is 4.65. The maximum Gasteiger partial charge on any atom is 0.249 e. The van der Waals surface area contributed by atoms with Gasteiger partial charge < -0.3 is 4.57 Å². The summed E-state index contributed by atoms with van der Waals surface area (Å²) in [6.45, 7) is 2.84. The van der Waals surface area contributed by atoms with Crippen LogP contribution < -0.4 is 4.80 Å². The second-order valence-corrected chi connectivity index (χ2v) is 11.3. The van der Waals surface area contributed by atoms with Crippen LogP contribution in [0.2, 0.25) is 5.02 Å². The summed E-state index contributed by atoms with van der Waals surface area (Å²) in [5, 5.41) is 0.464. The van der Waals surface area contributed by atoms with Crippen LogP contribution in [-0.4, -0.2) is 36.7 Å². The number of rotatable bonds is 8. The molecule has 1 amide bonds. The van der Waals surface area contributed by atoms with Crippen molar-refractivity contribution in [3.63, 3.8) is 0 Å². The number of aryl methyl sites for hydroxylation is 2. The predicted octanol–water partition coefficient (Wildman–Crippen LogP) is 4.57. The monoisotopic (exact) mass is 482 g/mol. The van der Waals surface area contributed by atoms with Crippen LogP contribution in [0, 0.1) is 0 Å². The van der Waals surface area contributed by atoms with E-state index in [0.29, 0.717) is 9.82 Å². The van der Waals surface area contributed by atoms with E-state index in [1.807, 2.05) is 10.8 Å². The van der Waals surface area contributed by atoms with Crippen LogP contribution in [0.25, 0.3) is 10.2 Å². The molecular weight excluding hydrogens is 460 g/mol. The molecule has 0 bridgehead atoms. The zero-order valence-corrected chi connectivity index (χ0v) is 20.0. The number of carbonyl (C=O) groups excluding carboxylic acids is 1. The van der Waals surface area contributed by atoms with E-state index in [-0.39, 0.29) is 17.1 Å². The molecule has 0 atom stereocenters. The lowest BCUT2D eigenvalue weighted by atomic mass is 10.2. The topological polar surface area (TPSA) is 68.5 Å². The molecule has 1 aromatic heterocycles. The second-order valence-electron chi connectivity index (χ2n) is 6.71. The molecule has 0 radical (unpaired) electrons. The lowest BCUT2D eigenvalue weighted by Gasteiger charge is -2.05. The van der Waals surface area contributed by atoms with E-state index in [1.54, 1.807) is 11.8 Å². The Balaban J connectivity index is 1.85. The number of fused-ring (bicyclic) bond motifs is 1. The Morgan fingerprint density at radius 2 is 1.93 bits per heavy atom. The first-order valence-electron chi connectivity index (χ1n) is 9.51. The van der Waals surface area contributed by atoms with E-state index in [9.17, 15) is 13.2 Å². The fourth-order valence-corrected chi connectivity index (χ4v) is 5.82. The van der Waals surface area contributed by atoms with Crippen molar-refractivity contribution in [3.8, 4) is 0 Å². The maximum absolute atomic E-state index is 12.5. The molecule has 5 nitrogen and oxygen atoms in total. The summed E-state index contributed by atoms with van der Waals surface area (Å²) in [5.41, 5.74) is 2.28. The number of aromatic nitrogens is 1. The minimum atomic E-state index is -3.57. The van der Waals surface area contributed by atoms with E-state index < -0.39 is 15.7 Å². The normalized spacial score (nSPS) is 12.6. The molecule has 0 saturated carbocycles. The molecule has 3 rings (SSSR count). The minimum Gasteiger partial charge on any atom is -0.316 e. The number of benzene rings is 2. The highest BCUT2D eigenvalue weighted by molar-refractivity contribution is 7.98. The first-order chi connectivity index (χ1) is 14.3. The van der Waals surface area contributed by atoms with Gasteiger partial charge in [0.1, 0.15) is 0 Å². The number of hydrogen-bond acceptors (Lipinski definition) is 5. The number of amides is 1. The standard InChI is InChI=1S/C21H23ClN2O3S3/c1-3-15-4-9-18-19(14-15)29-21(24(18)11-12-28-2)23-20(25)10-13-30(26,27)17-7-5-16(22)6-8-17/h4-9,14H,3,10-13H2,1-2H3. The first-order valence-corrected chi connectivity index (χ1v) is 13.7. The van der Waals surface area contributed by atoms with Gasteiger partial charge in [-0.25, -0.2) is 8.42 Å². The van der Waals surface area contributed by atoms with Gasteiger partial charge in [-0.15, -0.1) is 0 Å². The van der Waals surface area contributed by atoms with Crippen molar-refractivity contribution in [2.45, 2.75) is 31.2 Å². The van der Waals surface area contributed by atoms with Crippen molar-refractivity contribution in [2.75, 3.05) is 17.8 Å². The van der Waals surface area contributed by atoms with E-state index in [1.165, 1.54) is 41.2 Å². The van der Waals surface area contributed by atoms with Crippen LogP contribution in [0.1, 0.15) is 18.9 Å². The van der Waals surface area contributed by atoms with E-state index in [2.05, 4.69) is 30.1 Å². The smallest absolute Gasteiger partial charge is 0.249 e. The number of thiazole rings is 1. The highest BCUT2D eigenvalue weighted by atomic mass is 35.5. The zero-order chi connectivity index (χ0) is 21.7. The number of carbonyl (C=O) groups is 1. The van der Waals surface area contributed by atoms with Crippen LogP contribution in [-0.2, 0) is 27.6 Å². The average molecular weight is 483 g/mol. The minimum absolute atomic E-state index is 0.156. The Morgan fingerprint density at radius 3 is 2.60 bits per heavy atom. The number of hydrogen-bond donors (Lipinski definition) is 0. The SMILES string of the molecule is CCc1ccc2c(c1)sc(=NC(=O)CCS(=O)(=O)c1ccc(Cl)cc1)n2CCSC. The van der Waals surface area contributed by atoms with Gasteiger partial charge in [-0.1, -0.05) is 35.9 Å². The van der Waals surface area contributed by atoms with E-state index in [4.69, 9.17) is 11.6 Å². The first kappa shape index (κ1) is 23.1. The number of halogens is 1. The molecule has 30 heavy (non-hydrogen) atoms. The molecule has 0 unspecified atom stereocenters. The fraction of sp³-hybridized carbons (Fsp3) is 0.333. The molecule has 2 aromatic carbocycles. The number of sulfone groups is 1. The summed E-state index contributed by atoms with van der Waals surface area (Å²) >= 11 is 9.01. The molecule has 0 aliphatic carbocycles. The van der Waals surface area contributed by atoms with Gasteiger partial charge in [-0.2, -0.15) is 16.8 Å². The Kier molecular flexibility index (Phi) is 7.79. The van der Waals surface area contributed by atoms with Crippen LogP contribution in [0.3, 0.4) is 0 Å². The second kappa shape index (κ2) is 10.1. The molecule has 0 N–H and O–H groups in total. The molecule has 0 aliphatic heterocycles. The molecule has 0 saturated heterocycles. The molecular formula is C21H23ClN2O3S3. The Bertz CT molecular complexity index is 1210. The van der Waals surface area contributed by atoms with Gasteiger partial charge in [-0.05, 0) is 54.6 Å². The van der Waals surface area contributed by atoms with Crippen LogP contribution >= 0.6 is 34.7 Å². The Labute approximate surface area is 189 Å². The highest BCUT2D eigenvalue weighted by Crippen LogP contribution is 2.20. The number of nitrogens with zero attached hydrogens (tertiary/aromatic N) is 2. The number of thioether (sulfide) groups is 1. The van der Waals surface area contributed by atoms with Gasteiger partial charge in [0.05, 0.1) is 20.9 Å². The van der Waals surface area contributed by atoms with Gasteiger partial charge in [0.15, 0.2) is 14.6 Å². The van der Waals surface area contributed by atoms with Gasteiger partial charge >= 0.3 is 0 Å². The Hall–Kier alpha value is -1.61. The lowest BCUT2D eigenvalue weighted by molar-refractivity contribution is -0.117. The molecule has 1 heterocycles. The van der Waals surface area contributed by atoms with E-state index >= 15 is 0 Å². The van der Waals surface area contributed by atoms with Crippen LogP contribution in [0.4, 0.5) is 0 Å². The van der Waals surface area contributed by atoms with Crippen molar-refractivity contribution in [1.82, 2.24) is 4.57 Å². The lowest BCUT2D eigenvalue weighted by Crippen LogP contribution is -2.19. The van der Waals surface area contributed by atoms with Crippen molar-refractivity contribution in [2.24, 2.45) is 4.99 Å². The summed E-state index contributed by atoms with van der Waals surface area (Å²) in [4.78, 5) is 17.5. The maximum atomic E-state index is 12.5. The molecule has 160 valence electrons. The summed E-state index contributed by atoms with van der Waals surface area (Å²) in [6.07, 6.45) is 2.81. The molecule has 0 aliphatic rings. The molecule has 9 heteroatoms. The summed E-state index contributed by atoms with van der Waals surface area (Å²) in [7, 11) is -3.57. The quantitative estimate of drug-likeness (QED) is 0.471. The third-order valence-corrected chi connectivity index (χ3v) is 8.27. The average Bonchev–Trinajstić information content (AvgIpc) is 3.07. The van der Waals surface area contributed by atoms with Gasteiger partial charge in [-0.3, -0.25) is 4.79 Å². The molecule has 0 fully saturated rings. The summed E-state index contributed by atoms with van der Waals surface area (Å²) in [6, 6.07) is 12.2. The van der Waals surface area contributed by atoms with Crippen molar-refractivity contribution in [3.05, 3.63) is 57.9 Å². The van der Waals surface area contributed by atoms with Crippen molar-refractivity contribution in [1.29, 1.82) is 0 Å². The van der Waals surface area contributed by atoms with Gasteiger partial charge in [0.2, 0.25) is 5.91 Å². The predicted molar refractivity (Wildman–Crippen MR) is 126 cm³/mol. The van der Waals surface area contributed by atoms with E-state index in [0.717, 1.165) is 28.9 Å². The molecule has 3 aromatic rings. The van der Waals surface area contributed by atoms with Crippen molar-refractivity contribution < 1.29 is 13.2 Å². The summed E-state index contributed by atoms with van der Waals surface area (Å²) < 4.78 is 28.1.